The molecule has 10 nitrogen and oxygen atoms in total. The van der Waals surface area contributed by atoms with Crippen molar-refractivity contribution in [1.82, 2.24) is 39.3 Å². The Morgan fingerprint density at radius 3 is 1.45 bits per heavy atom. The Hall–Kier alpha value is -2.78. The highest BCUT2D eigenvalue weighted by molar-refractivity contribution is 5.81. The highest BCUT2D eigenvalue weighted by Gasteiger charge is 2.29. The van der Waals surface area contributed by atoms with Crippen molar-refractivity contribution in [3.05, 3.63) is 25.3 Å². The Morgan fingerprint density at radius 2 is 1.17 bits per heavy atom. The zero-order valence-electron chi connectivity index (χ0n) is 18.1. The van der Waals surface area contributed by atoms with Crippen molar-refractivity contribution in [2.45, 2.75) is 46.2 Å². The summed E-state index contributed by atoms with van der Waals surface area (Å²) in [7, 11) is 3.56. The lowest BCUT2D eigenvalue weighted by atomic mass is 10.0. The quantitative estimate of drug-likeness (QED) is 0.591. The summed E-state index contributed by atoms with van der Waals surface area (Å²) in [5, 5.41) is 8.25. The number of likely N-dealkylation sites (N-methyl/N-ethyl adjacent to an activating group) is 2. The van der Waals surface area contributed by atoms with Gasteiger partial charge in [0.05, 0.1) is 0 Å². The molecule has 2 aromatic heterocycles. The predicted molar refractivity (Wildman–Crippen MR) is 108 cm³/mol. The molecule has 0 aromatic carbocycles. The number of aromatic nitrogens is 6. The van der Waals surface area contributed by atoms with E-state index in [4.69, 9.17) is 0 Å². The monoisotopic (exact) mass is 404 g/mol. The lowest BCUT2D eigenvalue weighted by Gasteiger charge is -2.28. The van der Waals surface area contributed by atoms with Crippen molar-refractivity contribution in [3.63, 3.8) is 0 Å². The third-order valence-electron chi connectivity index (χ3n) is 4.95. The van der Waals surface area contributed by atoms with Gasteiger partial charge in [0.1, 0.15) is 37.4 Å². The molecule has 0 spiro atoms. The molecule has 2 unspecified atom stereocenters. The summed E-state index contributed by atoms with van der Waals surface area (Å²) in [6, 6.07) is -0.779. The molecule has 160 valence electrons. The summed E-state index contributed by atoms with van der Waals surface area (Å²) in [5.41, 5.74) is 0. The first-order valence-corrected chi connectivity index (χ1v) is 9.92. The van der Waals surface area contributed by atoms with Crippen molar-refractivity contribution in [3.8, 4) is 0 Å². The van der Waals surface area contributed by atoms with E-state index in [9.17, 15) is 9.59 Å². The summed E-state index contributed by atoms with van der Waals surface area (Å²) < 4.78 is 3.20. The molecule has 2 aromatic rings. The molecular weight excluding hydrogens is 372 g/mol. The molecule has 0 aliphatic carbocycles. The van der Waals surface area contributed by atoms with Crippen molar-refractivity contribution in [1.29, 1.82) is 0 Å². The summed E-state index contributed by atoms with van der Waals surface area (Å²) in [6.45, 7) is 9.04. The summed E-state index contributed by atoms with van der Waals surface area (Å²) in [6.07, 6.45) is 6.68. The van der Waals surface area contributed by atoms with Gasteiger partial charge in [0.15, 0.2) is 0 Å². The Morgan fingerprint density at radius 1 is 0.793 bits per heavy atom. The molecule has 0 bridgehead atoms. The van der Waals surface area contributed by atoms with Gasteiger partial charge in [-0.25, -0.2) is 19.3 Å². The molecule has 0 N–H and O–H groups in total. The number of hydrogen-bond acceptors (Lipinski definition) is 6. The number of amides is 2. The first-order chi connectivity index (χ1) is 13.7. The van der Waals surface area contributed by atoms with E-state index in [1.54, 1.807) is 45.9 Å². The second kappa shape index (κ2) is 10.1. The number of carbonyl (C=O) groups excluding carboxylic acids is 2. The molecule has 0 radical (unpaired) electrons. The second-order valence-electron chi connectivity index (χ2n) is 8.00. The van der Waals surface area contributed by atoms with Crippen LogP contribution in [0.5, 0.6) is 0 Å². The average Bonchev–Trinajstić information content (AvgIpc) is 3.35. The molecule has 0 aliphatic rings. The normalized spacial score (nSPS) is 13.5. The van der Waals surface area contributed by atoms with E-state index in [1.165, 1.54) is 12.7 Å². The van der Waals surface area contributed by atoms with Crippen LogP contribution in [0.4, 0.5) is 0 Å². The van der Waals surface area contributed by atoms with Gasteiger partial charge in [-0.2, -0.15) is 10.2 Å². The van der Waals surface area contributed by atoms with E-state index in [-0.39, 0.29) is 35.7 Å². The molecule has 2 atom stereocenters. The SMILES string of the molecule is CC(C)C(C(=O)N(C)CCCN(C)C(=O)C(C(C)C)n1cncn1)n1cncn1. The number of rotatable bonds is 10. The van der Waals surface area contributed by atoms with E-state index in [1.807, 2.05) is 27.7 Å². The van der Waals surface area contributed by atoms with Crippen LogP contribution in [0.1, 0.15) is 46.2 Å². The van der Waals surface area contributed by atoms with Gasteiger partial charge in [0.25, 0.3) is 0 Å². The van der Waals surface area contributed by atoms with Crippen LogP contribution >= 0.6 is 0 Å². The molecule has 2 amide bonds. The highest BCUT2D eigenvalue weighted by Crippen LogP contribution is 2.20. The van der Waals surface area contributed by atoms with E-state index >= 15 is 0 Å². The standard InChI is InChI=1S/C19H32N8O2/c1-14(2)16(26-12-20-10-22-26)18(28)24(5)8-7-9-25(6)19(29)17(15(3)4)27-13-21-11-23-27/h10-17H,7-9H2,1-6H3. The van der Waals surface area contributed by atoms with E-state index in [0.717, 1.165) is 0 Å². The lowest BCUT2D eigenvalue weighted by molar-refractivity contribution is -0.135. The Balaban J connectivity index is 1.90. The Labute approximate surface area is 171 Å². The molecule has 0 aliphatic heterocycles. The predicted octanol–water partition coefficient (Wildman–Crippen LogP) is 1.27. The van der Waals surface area contributed by atoms with Gasteiger partial charge in [-0.3, -0.25) is 9.59 Å². The fraction of sp³-hybridized carbons (Fsp3) is 0.684. The lowest BCUT2D eigenvalue weighted by Crippen LogP contribution is -2.40. The summed E-state index contributed by atoms with van der Waals surface area (Å²) in [5.74, 6) is 0.153. The largest absolute Gasteiger partial charge is 0.344 e. The van der Waals surface area contributed by atoms with Gasteiger partial charge in [-0.1, -0.05) is 27.7 Å². The summed E-state index contributed by atoms with van der Waals surface area (Å²) >= 11 is 0. The highest BCUT2D eigenvalue weighted by atomic mass is 16.2. The van der Waals surface area contributed by atoms with E-state index < -0.39 is 0 Å². The smallest absolute Gasteiger partial charge is 0.247 e. The van der Waals surface area contributed by atoms with Crippen molar-refractivity contribution in [2.24, 2.45) is 11.8 Å². The van der Waals surface area contributed by atoms with E-state index in [0.29, 0.717) is 19.5 Å². The van der Waals surface area contributed by atoms with Gasteiger partial charge in [-0.15, -0.1) is 0 Å². The zero-order valence-corrected chi connectivity index (χ0v) is 18.1. The number of carbonyl (C=O) groups is 2. The maximum Gasteiger partial charge on any atom is 0.247 e. The maximum atomic E-state index is 12.9. The number of hydrogen-bond donors (Lipinski definition) is 0. The molecule has 10 heteroatoms. The second-order valence-corrected chi connectivity index (χ2v) is 8.00. The Kier molecular flexibility index (Phi) is 7.86. The van der Waals surface area contributed by atoms with Gasteiger partial charge in [-0.05, 0) is 18.3 Å². The van der Waals surface area contributed by atoms with Crippen LogP contribution < -0.4 is 0 Å². The zero-order chi connectivity index (χ0) is 21.6. The van der Waals surface area contributed by atoms with E-state index in [2.05, 4.69) is 20.2 Å². The fourth-order valence-corrected chi connectivity index (χ4v) is 3.35. The minimum atomic E-state index is -0.389. The molecule has 0 fully saturated rings. The molecule has 2 heterocycles. The van der Waals surface area contributed by atoms with Gasteiger partial charge in [0, 0.05) is 27.2 Å². The fourth-order valence-electron chi connectivity index (χ4n) is 3.35. The van der Waals surface area contributed by atoms with Crippen LogP contribution in [0.2, 0.25) is 0 Å². The van der Waals surface area contributed by atoms with Crippen molar-refractivity contribution < 1.29 is 9.59 Å². The average molecular weight is 405 g/mol. The van der Waals surface area contributed by atoms with Gasteiger partial charge in [0.2, 0.25) is 11.8 Å². The van der Waals surface area contributed by atoms with Gasteiger partial charge >= 0.3 is 0 Å². The topological polar surface area (TPSA) is 102 Å². The number of nitrogens with zero attached hydrogens (tertiary/aromatic N) is 8. The van der Waals surface area contributed by atoms with Crippen LogP contribution in [0.25, 0.3) is 0 Å². The van der Waals surface area contributed by atoms with Crippen LogP contribution in [-0.4, -0.2) is 78.3 Å². The maximum absolute atomic E-state index is 12.9. The third kappa shape index (κ3) is 5.61. The minimum absolute atomic E-state index is 0.0119. The molecule has 0 saturated carbocycles. The van der Waals surface area contributed by atoms with Crippen molar-refractivity contribution >= 4 is 11.8 Å². The third-order valence-corrected chi connectivity index (χ3v) is 4.95. The van der Waals surface area contributed by atoms with Crippen LogP contribution in [0, 0.1) is 11.8 Å². The Bertz CT molecular complexity index is 693. The summed E-state index contributed by atoms with van der Waals surface area (Å²) in [4.78, 5) is 37.1. The first-order valence-electron chi connectivity index (χ1n) is 9.92. The van der Waals surface area contributed by atoms with Gasteiger partial charge < -0.3 is 9.80 Å². The minimum Gasteiger partial charge on any atom is -0.344 e. The molecule has 0 saturated heterocycles. The van der Waals surface area contributed by atoms with Crippen molar-refractivity contribution in [2.75, 3.05) is 27.2 Å². The molecule has 2 rings (SSSR count). The molecular formula is C19H32N8O2. The van der Waals surface area contributed by atoms with Crippen LogP contribution in [0.3, 0.4) is 0 Å². The van der Waals surface area contributed by atoms with Crippen LogP contribution in [-0.2, 0) is 9.59 Å². The van der Waals surface area contributed by atoms with Crippen LogP contribution in [0.15, 0.2) is 25.3 Å². The first kappa shape index (κ1) is 22.5. The molecule has 29 heavy (non-hydrogen) atoms.